The van der Waals surface area contributed by atoms with Crippen LogP contribution in [0.4, 0.5) is 0 Å². The largest absolute Gasteiger partial charge is 0.228 e. The molecule has 1 rings (SSSR count). The van der Waals surface area contributed by atoms with E-state index in [1.807, 2.05) is 17.5 Å². The normalized spacial score (nSPS) is 15.3. The van der Waals surface area contributed by atoms with Crippen molar-refractivity contribution in [3.8, 4) is 6.07 Å². The Bertz CT molecular complexity index is 460. The van der Waals surface area contributed by atoms with Gasteiger partial charge in [-0.3, -0.25) is 0 Å². The van der Waals surface area contributed by atoms with E-state index in [2.05, 4.69) is 4.72 Å². The molecule has 0 saturated heterocycles. The SMILES string of the molecule is CCC(C#N)S(=O)(=O)NC(C)c1cccs1. The van der Waals surface area contributed by atoms with E-state index in [1.54, 1.807) is 19.9 Å². The maximum atomic E-state index is 11.8. The minimum absolute atomic E-state index is 0.285. The van der Waals surface area contributed by atoms with Gasteiger partial charge in [-0.1, -0.05) is 13.0 Å². The summed E-state index contributed by atoms with van der Waals surface area (Å²) in [6.45, 7) is 3.45. The van der Waals surface area contributed by atoms with E-state index in [9.17, 15) is 8.42 Å². The van der Waals surface area contributed by atoms with Gasteiger partial charge in [0, 0.05) is 4.88 Å². The first-order valence-corrected chi connectivity index (χ1v) is 7.38. The zero-order valence-electron chi connectivity index (χ0n) is 9.17. The summed E-state index contributed by atoms with van der Waals surface area (Å²) >= 11 is 1.49. The molecule has 0 spiro atoms. The second kappa shape index (κ2) is 5.43. The molecule has 0 amide bonds. The fourth-order valence-electron chi connectivity index (χ4n) is 1.30. The lowest BCUT2D eigenvalue weighted by Crippen LogP contribution is -2.34. The van der Waals surface area contributed by atoms with Gasteiger partial charge in [-0.2, -0.15) is 5.26 Å². The van der Waals surface area contributed by atoms with Crippen LogP contribution in [0.5, 0.6) is 0 Å². The Morgan fingerprint density at radius 3 is 2.75 bits per heavy atom. The van der Waals surface area contributed by atoms with Crippen molar-refractivity contribution in [1.29, 1.82) is 5.26 Å². The molecule has 0 radical (unpaired) electrons. The number of sulfonamides is 1. The standard InChI is InChI=1S/C10H14N2O2S2/c1-3-9(7-11)16(13,14)12-8(2)10-5-4-6-15-10/h4-6,8-9,12H,3H2,1-2H3. The van der Waals surface area contributed by atoms with Gasteiger partial charge >= 0.3 is 0 Å². The molecule has 4 nitrogen and oxygen atoms in total. The molecule has 0 bridgehead atoms. The quantitative estimate of drug-likeness (QED) is 0.878. The third-order valence-corrected chi connectivity index (χ3v) is 5.13. The number of nitriles is 1. The fourth-order valence-corrected chi connectivity index (χ4v) is 3.48. The van der Waals surface area contributed by atoms with Crippen molar-refractivity contribution in [2.24, 2.45) is 0 Å². The zero-order valence-corrected chi connectivity index (χ0v) is 10.8. The molecular weight excluding hydrogens is 244 g/mol. The van der Waals surface area contributed by atoms with E-state index >= 15 is 0 Å². The molecule has 1 aromatic rings. The summed E-state index contributed by atoms with van der Waals surface area (Å²) in [4.78, 5) is 0.941. The monoisotopic (exact) mass is 258 g/mol. The summed E-state index contributed by atoms with van der Waals surface area (Å²) in [5.74, 6) is 0. The van der Waals surface area contributed by atoms with E-state index in [4.69, 9.17) is 5.26 Å². The fraction of sp³-hybridized carbons (Fsp3) is 0.500. The molecule has 0 aromatic carbocycles. The Morgan fingerprint density at radius 2 is 2.31 bits per heavy atom. The Morgan fingerprint density at radius 1 is 1.62 bits per heavy atom. The van der Waals surface area contributed by atoms with Crippen molar-refractivity contribution in [3.63, 3.8) is 0 Å². The summed E-state index contributed by atoms with van der Waals surface area (Å²) < 4.78 is 26.1. The van der Waals surface area contributed by atoms with Crippen molar-refractivity contribution in [3.05, 3.63) is 22.4 Å². The van der Waals surface area contributed by atoms with Crippen LogP contribution in [-0.2, 0) is 10.0 Å². The highest BCUT2D eigenvalue weighted by Crippen LogP contribution is 2.20. The van der Waals surface area contributed by atoms with Gasteiger partial charge in [-0.25, -0.2) is 13.1 Å². The average Bonchev–Trinajstić information content (AvgIpc) is 2.70. The van der Waals surface area contributed by atoms with E-state index in [0.29, 0.717) is 6.42 Å². The number of hydrogen-bond acceptors (Lipinski definition) is 4. The molecule has 1 heterocycles. The van der Waals surface area contributed by atoms with Gasteiger partial charge in [0.2, 0.25) is 10.0 Å². The van der Waals surface area contributed by atoms with Crippen LogP contribution in [0.3, 0.4) is 0 Å². The molecule has 0 aliphatic rings. The third kappa shape index (κ3) is 3.04. The van der Waals surface area contributed by atoms with E-state index in [0.717, 1.165) is 4.88 Å². The maximum absolute atomic E-state index is 11.8. The molecule has 1 N–H and O–H groups in total. The Balaban J connectivity index is 2.78. The molecule has 0 aliphatic carbocycles. The molecule has 0 fully saturated rings. The molecule has 2 unspecified atom stereocenters. The molecule has 0 saturated carbocycles. The first-order chi connectivity index (χ1) is 7.51. The predicted molar refractivity (Wildman–Crippen MR) is 64.5 cm³/mol. The number of hydrogen-bond donors (Lipinski definition) is 1. The van der Waals surface area contributed by atoms with Gasteiger partial charge in [0.15, 0.2) is 5.25 Å². The Labute approximate surface area is 100.0 Å². The van der Waals surface area contributed by atoms with Crippen LogP contribution >= 0.6 is 11.3 Å². The van der Waals surface area contributed by atoms with Gasteiger partial charge in [-0.05, 0) is 24.8 Å². The predicted octanol–water partition coefficient (Wildman–Crippen LogP) is 2.03. The van der Waals surface area contributed by atoms with Gasteiger partial charge in [0.25, 0.3) is 0 Å². The van der Waals surface area contributed by atoms with Crippen LogP contribution in [-0.4, -0.2) is 13.7 Å². The summed E-state index contributed by atoms with van der Waals surface area (Å²) in [7, 11) is -3.55. The van der Waals surface area contributed by atoms with Gasteiger partial charge in [0.05, 0.1) is 12.1 Å². The Hall–Kier alpha value is -0.900. The second-order valence-corrected chi connectivity index (χ2v) is 6.30. The highest BCUT2D eigenvalue weighted by atomic mass is 32.2. The van der Waals surface area contributed by atoms with Crippen LogP contribution in [0, 0.1) is 11.3 Å². The smallest absolute Gasteiger partial charge is 0.211 e. The molecule has 88 valence electrons. The van der Waals surface area contributed by atoms with Crippen LogP contribution in [0.2, 0.25) is 0 Å². The number of nitrogens with zero attached hydrogens (tertiary/aromatic N) is 1. The highest BCUT2D eigenvalue weighted by molar-refractivity contribution is 7.90. The molecular formula is C10H14N2O2S2. The van der Waals surface area contributed by atoms with Crippen molar-refractivity contribution in [2.45, 2.75) is 31.6 Å². The topological polar surface area (TPSA) is 70.0 Å². The van der Waals surface area contributed by atoms with Gasteiger partial charge in [0.1, 0.15) is 0 Å². The van der Waals surface area contributed by atoms with Crippen LogP contribution in [0.1, 0.15) is 31.2 Å². The lowest BCUT2D eigenvalue weighted by molar-refractivity contribution is 0.560. The number of thiophene rings is 1. The molecule has 0 aliphatic heterocycles. The van der Waals surface area contributed by atoms with Crippen LogP contribution < -0.4 is 4.72 Å². The highest BCUT2D eigenvalue weighted by Gasteiger charge is 2.25. The first-order valence-electron chi connectivity index (χ1n) is 4.95. The molecule has 2 atom stereocenters. The van der Waals surface area contributed by atoms with Crippen LogP contribution in [0.15, 0.2) is 17.5 Å². The Kier molecular flexibility index (Phi) is 4.47. The summed E-state index contributed by atoms with van der Waals surface area (Å²) in [6.07, 6.45) is 0.295. The van der Waals surface area contributed by atoms with Crippen molar-refractivity contribution in [1.82, 2.24) is 4.72 Å². The first kappa shape index (κ1) is 13.2. The molecule has 16 heavy (non-hydrogen) atoms. The maximum Gasteiger partial charge on any atom is 0.228 e. The number of rotatable bonds is 5. The third-order valence-electron chi connectivity index (χ3n) is 2.20. The molecule has 6 heteroatoms. The lowest BCUT2D eigenvalue weighted by Gasteiger charge is -2.15. The van der Waals surface area contributed by atoms with E-state index in [1.165, 1.54) is 11.3 Å². The van der Waals surface area contributed by atoms with Crippen LogP contribution in [0.25, 0.3) is 0 Å². The average molecular weight is 258 g/mol. The number of nitrogens with one attached hydrogen (secondary N) is 1. The molecule has 1 aromatic heterocycles. The lowest BCUT2D eigenvalue weighted by atomic mass is 10.3. The van der Waals surface area contributed by atoms with Gasteiger partial charge < -0.3 is 0 Å². The summed E-state index contributed by atoms with van der Waals surface area (Å²) in [5.41, 5.74) is 0. The minimum Gasteiger partial charge on any atom is -0.211 e. The van der Waals surface area contributed by atoms with Gasteiger partial charge in [-0.15, -0.1) is 11.3 Å². The van der Waals surface area contributed by atoms with Crippen molar-refractivity contribution < 1.29 is 8.42 Å². The zero-order chi connectivity index (χ0) is 12.2. The summed E-state index contributed by atoms with van der Waals surface area (Å²) in [6, 6.07) is 5.24. The van der Waals surface area contributed by atoms with Crippen molar-refractivity contribution >= 4 is 21.4 Å². The summed E-state index contributed by atoms with van der Waals surface area (Å²) in [5, 5.41) is 9.65. The minimum atomic E-state index is -3.55. The van der Waals surface area contributed by atoms with E-state index < -0.39 is 15.3 Å². The van der Waals surface area contributed by atoms with Crippen molar-refractivity contribution in [2.75, 3.05) is 0 Å². The van der Waals surface area contributed by atoms with E-state index in [-0.39, 0.29) is 6.04 Å². The second-order valence-electron chi connectivity index (χ2n) is 3.43.